The Bertz CT molecular complexity index is 864. The van der Waals surface area contributed by atoms with Crippen LogP contribution in [0.1, 0.15) is 41.9 Å². The zero-order valence-electron chi connectivity index (χ0n) is 14.4. The SMILES string of the molecule is Cc1cc(=O)c(C(=O)NCCCCCC(=O)O)nn1-c1ccccc1F. The van der Waals surface area contributed by atoms with Gasteiger partial charge in [-0.2, -0.15) is 5.10 Å². The van der Waals surface area contributed by atoms with E-state index in [-0.39, 0.29) is 17.8 Å². The monoisotopic (exact) mass is 361 g/mol. The van der Waals surface area contributed by atoms with Crippen LogP contribution in [0.5, 0.6) is 0 Å². The third-order valence-electron chi connectivity index (χ3n) is 3.76. The first-order valence-corrected chi connectivity index (χ1v) is 8.26. The van der Waals surface area contributed by atoms with Gasteiger partial charge in [-0.15, -0.1) is 0 Å². The van der Waals surface area contributed by atoms with Gasteiger partial charge in [0.2, 0.25) is 5.43 Å². The van der Waals surface area contributed by atoms with Crippen molar-refractivity contribution in [2.75, 3.05) is 6.54 Å². The molecule has 1 aromatic heterocycles. The fraction of sp³-hybridized carbons (Fsp3) is 0.333. The van der Waals surface area contributed by atoms with E-state index < -0.39 is 23.1 Å². The molecule has 0 saturated heterocycles. The molecule has 0 radical (unpaired) electrons. The Morgan fingerprint density at radius 2 is 1.96 bits per heavy atom. The smallest absolute Gasteiger partial charge is 0.303 e. The average Bonchev–Trinajstić information content (AvgIpc) is 2.58. The molecule has 2 rings (SSSR count). The van der Waals surface area contributed by atoms with E-state index in [0.29, 0.717) is 31.5 Å². The summed E-state index contributed by atoms with van der Waals surface area (Å²) in [7, 11) is 0. The van der Waals surface area contributed by atoms with E-state index in [4.69, 9.17) is 5.11 Å². The molecule has 138 valence electrons. The van der Waals surface area contributed by atoms with Crippen molar-refractivity contribution in [1.82, 2.24) is 15.1 Å². The lowest BCUT2D eigenvalue weighted by atomic mass is 10.2. The van der Waals surface area contributed by atoms with E-state index in [1.54, 1.807) is 13.0 Å². The van der Waals surface area contributed by atoms with Gasteiger partial charge in [0.1, 0.15) is 11.5 Å². The number of nitrogens with one attached hydrogen (secondary N) is 1. The summed E-state index contributed by atoms with van der Waals surface area (Å²) in [4.78, 5) is 34.7. The number of halogens is 1. The molecule has 0 saturated carbocycles. The van der Waals surface area contributed by atoms with Crippen LogP contribution in [0.25, 0.3) is 5.69 Å². The van der Waals surface area contributed by atoms with E-state index in [2.05, 4.69) is 10.4 Å². The molecule has 0 aliphatic rings. The Balaban J connectivity index is 2.08. The van der Waals surface area contributed by atoms with Crippen molar-refractivity contribution >= 4 is 11.9 Å². The van der Waals surface area contributed by atoms with Crippen LogP contribution < -0.4 is 10.7 Å². The number of para-hydroxylation sites is 1. The number of unbranched alkanes of at least 4 members (excludes halogenated alkanes) is 2. The number of aromatic nitrogens is 2. The summed E-state index contributed by atoms with van der Waals surface area (Å²) in [5.41, 5.74) is -0.305. The summed E-state index contributed by atoms with van der Waals surface area (Å²) in [6.45, 7) is 1.90. The van der Waals surface area contributed by atoms with E-state index in [9.17, 15) is 18.8 Å². The van der Waals surface area contributed by atoms with Gasteiger partial charge in [0.05, 0.1) is 0 Å². The lowest BCUT2D eigenvalue weighted by Gasteiger charge is -2.12. The molecule has 7 nitrogen and oxygen atoms in total. The van der Waals surface area contributed by atoms with Crippen molar-refractivity contribution in [1.29, 1.82) is 0 Å². The minimum atomic E-state index is -0.855. The maximum atomic E-state index is 14.0. The predicted octanol–water partition coefficient (Wildman–Crippen LogP) is 2.05. The average molecular weight is 361 g/mol. The second-order valence-corrected chi connectivity index (χ2v) is 5.82. The Morgan fingerprint density at radius 3 is 2.65 bits per heavy atom. The first-order valence-electron chi connectivity index (χ1n) is 8.26. The van der Waals surface area contributed by atoms with Gasteiger partial charge in [0, 0.05) is 24.7 Å². The van der Waals surface area contributed by atoms with Crippen LogP contribution in [0.4, 0.5) is 4.39 Å². The third-order valence-corrected chi connectivity index (χ3v) is 3.76. The molecular formula is C18H20FN3O4. The van der Waals surface area contributed by atoms with E-state index in [1.807, 2.05) is 0 Å². The van der Waals surface area contributed by atoms with Crippen LogP contribution in [0, 0.1) is 12.7 Å². The number of carboxylic acid groups (broad SMARTS) is 1. The number of carbonyl (C=O) groups is 2. The number of rotatable bonds is 8. The molecule has 0 bridgehead atoms. The van der Waals surface area contributed by atoms with Gasteiger partial charge in [-0.3, -0.25) is 14.4 Å². The lowest BCUT2D eigenvalue weighted by molar-refractivity contribution is -0.137. The zero-order chi connectivity index (χ0) is 19.1. The van der Waals surface area contributed by atoms with Crippen molar-refractivity contribution in [3.05, 3.63) is 57.8 Å². The molecule has 1 heterocycles. The minimum absolute atomic E-state index is 0.0841. The van der Waals surface area contributed by atoms with E-state index in [1.165, 1.54) is 28.9 Å². The highest BCUT2D eigenvalue weighted by Crippen LogP contribution is 2.13. The zero-order valence-corrected chi connectivity index (χ0v) is 14.4. The molecule has 2 aromatic rings. The maximum absolute atomic E-state index is 14.0. The second kappa shape index (κ2) is 8.89. The number of aryl methyl sites for hydroxylation is 1. The normalized spacial score (nSPS) is 10.5. The number of hydrogen-bond acceptors (Lipinski definition) is 4. The molecule has 1 aromatic carbocycles. The number of carboxylic acids is 1. The highest BCUT2D eigenvalue weighted by atomic mass is 19.1. The van der Waals surface area contributed by atoms with Gasteiger partial charge in [-0.1, -0.05) is 18.6 Å². The molecule has 0 aliphatic heterocycles. The van der Waals surface area contributed by atoms with Crippen molar-refractivity contribution in [3.8, 4) is 5.69 Å². The van der Waals surface area contributed by atoms with Gasteiger partial charge in [0.15, 0.2) is 5.69 Å². The van der Waals surface area contributed by atoms with Gasteiger partial charge in [0.25, 0.3) is 5.91 Å². The van der Waals surface area contributed by atoms with Gasteiger partial charge >= 0.3 is 5.97 Å². The molecule has 8 heteroatoms. The van der Waals surface area contributed by atoms with Crippen molar-refractivity contribution in [2.24, 2.45) is 0 Å². The molecular weight excluding hydrogens is 341 g/mol. The molecule has 0 unspecified atom stereocenters. The van der Waals surface area contributed by atoms with E-state index >= 15 is 0 Å². The number of benzene rings is 1. The minimum Gasteiger partial charge on any atom is -0.481 e. The molecule has 0 fully saturated rings. The topological polar surface area (TPSA) is 101 Å². The maximum Gasteiger partial charge on any atom is 0.303 e. The summed E-state index contributed by atoms with van der Waals surface area (Å²) < 4.78 is 15.2. The van der Waals surface area contributed by atoms with Crippen molar-refractivity contribution < 1.29 is 19.1 Å². The van der Waals surface area contributed by atoms with Crippen LogP contribution in [0.2, 0.25) is 0 Å². The predicted molar refractivity (Wildman–Crippen MR) is 93.0 cm³/mol. The summed E-state index contributed by atoms with van der Waals surface area (Å²) in [5.74, 6) is -2.01. The number of nitrogens with zero attached hydrogens (tertiary/aromatic N) is 2. The Morgan fingerprint density at radius 1 is 1.23 bits per heavy atom. The van der Waals surface area contributed by atoms with Gasteiger partial charge in [-0.25, -0.2) is 9.07 Å². The third kappa shape index (κ3) is 4.98. The summed E-state index contributed by atoms with van der Waals surface area (Å²) >= 11 is 0. The molecule has 1 amide bonds. The summed E-state index contributed by atoms with van der Waals surface area (Å²) in [6, 6.07) is 7.18. The van der Waals surface area contributed by atoms with Crippen LogP contribution in [0.15, 0.2) is 35.1 Å². The Hall–Kier alpha value is -3.03. The summed E-state index contributed by atoms with van der Waals surface area (Å²) in [6.07, 6.45) is 1.84. The Kier molecular flexibility index (Phi) is 6.60. The highest BCUT2D eigenvalue weighted by Gasteiger charge is 2.16. The highest BCUT2D eigenvalue weighted by molar-refractivity contribution is 5.92. The number of carbonyl (C=O) groups excluding carboxylic acids is 1. The molecule has 0 atom stereocenters. The van der Waals surface area contributed by atoms with Crippen LogP contribution >= 0.6 is 0 Å². The summed E-state index contributed by atoms with van der Waals surface area (Å²) in [5, 5.41) is 15.2. The van der Waals surface area contributed by atoms with Crippen LogP contribution in [-0.2, 0) is 4.79 Å². The van der Waals surface area contributed by atoms with Crippen LogP contribution in [0.3, 0.4) is 0 Å². The first-order chi connectivity index (χ1) is 12.4. The van der Waals surface area contributed by atoms with Crippen molar-refractivity contribution in [2.45, 2.75) is 32.6 Å². The second-order valence-electron chi connectivity index (χ2n) is 5.82. The molecule has 0 aliphatic carbocycles. The molecule has 2 N–H and O–H groups in total. The fourth-order valence-corrected chi connectivity index (χ4v) is 2.44. The number of amides is 1. The van der Waals surface area contributed by atoms with Crippen molar-refractivity contribution in [3.63, 3.8) is 0 Å². The Labute approximate surface area is 149 Å². The number of hydrogen-bond donors (Lipinski definition) is 2. The quantitative estimate of drug-likeness (QED) is 0.701. The fourth-order valence-electron chi connectivity index (χ4n) is 2.44. The van der Waals surface area contributed by atoms with Gasteiger partial charge in [-0.05, 0) is 31.9 Å². The molecule has 26 heavy (non-hydrogen) atoms. The largest absolute Gasteiger partial charge is 0.481 e. The first kappa shape index (κ1) is 19.3. The van der Waals surface area contributed by atoms with E-state index in [0.717, 1.165) is 0 Å². The lowest BCUT2D eigenvalue weighted by Crippen LogP contribution is -2.32. The molecule has 0 spiro atoms. The van der Waals surface area contributed by atoms with Crippen LogP contribution in [-0.4, -0.2) is 33.3 Å². The number of aliphatic carboxylic acids is 1. The standard InChI is InChI=1S/C18H20FN3O4/c1-12-11-15(23)17(18(26)20-10-6-2-3-9-16(24)25)21-22(12)14-8-5-4-7-13(14)19/h4-5,7-8,11H,2-3,6,9-10H2,1H3,(H,20,26)(H,24,25). The van der Waals surface area contributed by atoms with Gasteiger partial charge < -0.3 is 10.4 Å².